The first kappa shape index (κ1) is 14.6. The fourth-order valence-electron chi connectivity index (χ4n) is 3.75. The first-order valence-corrected chi connectivity index (χ1v) is 8.23. The molecule has 3 rings (SSSR count). The van der Waals surface area contributed by atoms with Crippen LogP contribution in [0.1, 0.15) is 44.1 Å². The van der Waals surface area contributed by atoms with Crippen LogP contribution in [0, 0.1) is 5.92 Å². The molecule has 2 aliphatic rings. The van der Waals surface area contributed by atoms with Gasteiger partial charge < -0.3 is 10.6 Å². The normalized spacial score (nSPS) is 28.3. The maximum Gasteiger partial charge on any atom is 0.237 e. The SMILES string of the molecule is Cn1cc(CCCNC(=O)C2CC3CCCCC3N2)cn1. The van der Waals surface area contributed by atoms with Gasteiger partial charge in [-0.2, -0.15) is 5.10 Å². The van der Waals surface area contributed by atoms with E-state index in [1.54, 1.807) is 0 Å². The van der Waals surface area contributed by atoms with Crippen molar-refractivity contribution in [2.24, 2.45) is 13.0 Å². The Hall–Kier alpha value is -1.36. The molecule has 0 bridgehead atoms. The van der Waals surface area contributed by atoms with E-state index in [0.29, 0.717) is 6.04 Å². The Bertz CT molecular complexity index is 470. The number of carbonyl (C=O) groups is 1. The summed E-state index contributed by atoms with van der Waals surface area (Å²) in [6.07, 6.45) is 12.1. The molecule has 3 atom stereocenters. The highest BCUT2D eigenvalue weighted by Crippen LogP contribution is 2.33. The van der Waals surface area contributed by atoms with Crippen molar-refractivity contribution >= 4 is 5.91 Å². The van der Waals surface area contributed by atoms with Gasteiger partial charge in [0.1, 0.15) is 0 Å². The van der Waals surface area contributed by atoms with Gasteiger partial charge in [-0.25, -0.2) is 0 Å². The summed E-state index contributed by atoms with van der Waals surface area (Å²) in [5.41, 5.74) is 1.23. The third-order valence-corrected chi connectivity index (χ3v) is 4.88. The van der Waals surface area contributed by atoms with Crippen molar-refractivity contribution in [3.63, 3.8) is 0 Å². The highest BCUT2D eigenvalue weighted by Gasteiger charge is 2.37. The predicted molar refractivity (Wildman–Crippen MR) is 81.8 cm³/mol. The quantitative estimate of drug-likeness (QED) is 0.806. The van der Waals surface area contributed by atoms with E-state index < -0.39 is 0 Å². The van der Waals surface area contributed by atoms with Crippen molar-refractivity contribution in [2.45, 2.75) is 57.0 Å². The summed E-state index contributed by atoms with van der Waals surface area (Å²) in [5, 5.41) is 10.8. The van der Waals surface area contributed by atoms with Crippen LogP contribution < -0.4 is 10.6 Å². The van der Waals surface area contributed by atoms with Crippen molar-refractivity contribution in [2.75, 3.05) is 6.54 Å². The maximum absolute atomic E-state index is 12.2. The van der Waals surface area contributed by atoms with E-state index in [1.165, 1.54) is 31.2 Å². The summed E-state index contributed by atoms with van der Waals surface area (Å²) in [7, 11) is 1.93. The fourth-order valence-corrected chi connectivity index (χ4v) is 3.75. The Labute approximate surface area is 126 Å². The lowest BCUT2D eigenvalue weighted by atomic mass is 9.85. The van der Waals surface area contributed by atoms with Gasteiger partial charge in [-0.1, -0.05) is 12.8 Å². The van der Waals surface area contributed by atoms with Crippen molar-refractivity contribution < 1.29 is 4.79 Å². The molecule has 5 nitrogen and oxygen atoms in total. The second kappa shape index (κ2) is 6.60. The number of hydrogen-bond acceptors (Lipinski definition) is 3. The molecule has 1 amide bonds. The minimum atomic E-state index is 0.0384. The largest absolute Gasteiger partial charge is 0.355 e. The van der Waals surface area contributed by atoms with Crippen LogP contribution in [0.2, 0.25) is 0 Å². The lowest BCUT2D eigenvalue weighted by Crippen LogP contribution is -2.43. The second-order valence-corrected chi connectivity index (χ2v) is 6.52. The number of fused-ring (bicyclic) bond motifs is 1. The average Bonchev–Trinajstić information content (AvgIpc) is 3.09. The molecule has 0 spiro atoms. The van der Waals surface area contributed by atoms with Crippen LogP contribution >= 0.6 is 0 Å². The van der Waals surface area contributed by atoms with Crippen molar-refractivity contribution in [1.29, 1.82) is 0 Å². The molecular formula is C16H26N4O. The van der Waals surface area contributed by atoms with Gasteiger partial charge in [0.25, 0.3) is 0 Å². The standard InChI is InChI=1S/C16H26N4O/c1-20-11-12(10-18-20)5-4-8-17-16(21)15-9-13-6-2-3-7-14(13)19-15/h10-11,13-15,19H,2-9H2,1H3,(H,17,21). The highest BCUT2D eigenvalue weighted by molar-refractivity contribution is 5.82. The summed E-state index contributed by atoms with van der Waals surface area (Å²) < 4.78 is 1.82. The molecule has 21 heavy (non-hydrogen) atoms. The average molecular weight is 290 g/mol. The van der Waals surface area contributed by atoms with Crippen molar-refractivity contribution in [1.82, 2.24) is 20.4 Å². The van der Waals surface area contributed by atoms with Gasteiger partial charge in [0.05, 0.1) is 12.2 Å². The number of rotatable bonds is 5. The molecule has 2 fully saturated rings. The van der Waals surface area contributed by atoms with Crippen LogP contribution in [0.3, 0.4) is 0 Å². The third-order valence-electron chi connectivity index (χ3n) is 4.88. The molecule has 1 aliphatic carbocycles. The molecule has 1 aromatic heterocycles. The van der Waals surface area contributed by atoms with Gasteiger partial charge in [-0.3, -0.25) is 9.48 Å². The first-order chi connectivity index (χ1) is 10.2. The number of amides is 1. The predicted octanol–water partition coefficient (Wildman–Crippen LogP) is 1.39. The van der Waals surface area contributed by atoms with E-state index in [1.807, 2.05) is 24.1 Å². The van der Waals surface area contributed by atoms with E-state index in [4.69, 9.17) is 0 Å². The molecule has 1 saturated carbocycles. The number of nitrogens with zero attached hydrogens (tertiary/aromatic N) is 2. The van der Waals surface area contributed by atoms with Crippen LogP contribution in [0.4, 0.5) is 0 Å². The van der Waals surface area contributed by atoms with Gasteiger partial charge in [0.15, 0.2) is 0 Å². The smallest absolute Gasteiger partial charge is 0.237 e. The van der Waals surface area contributed by atoms with E-state index in [9.17, 15) is 4.79 Å². The number of nitrogens with one attached hydrogen (secondary N) is 2. The number of carbonyl (C=O) groups excluding carboxylic acids is 1. The minimum absolute atomic E-state index is 0.0384. The van der Waals surface area contributed by atoms with Gasteiger partial charge in [-0.15, -0.1) is 0 Å². The number of aromatic nitrogens is 2. The highest BCUT2D eigenvalue weighted by atomic mass is 16.2. The molecule has 0 radical (unpaired) electrons. The lowest BCUT2D eigenvalue weighted by Gasteiger charge is -2.24. The Morgan fingerprint density at radius 2 is 2.33 bits per heavy atom. The van der Waals surface area contributed by atoms with E-state index in [2.05, 4.69) is 15.7 Å². The van der Waals surface area contributed by atoms with Gasteiger partial charge in [0, 0.05) is 25.8 Å². The Morgan fingerprint density at radius 1 is 1.48 bits per heavy atom. The zero-order valence-electron chi connectivity index (χ0n) is 12.8. The fraction of sp³-hybridized carbons (Fsp3) is 0.750. The zero-order chi connectivity index (χ0) is 14.7. The van der Waals surface area contributed by atoms with Crippen LogP contribution in [0.15, 0.2) is 12.4 Å². The molecule has 2 heterocycles. The maximum atomic E-state index is 12.2. The van der Waals surface area contributed by atoms with Gasteiger partial charge in [0.2, 0.25) is 5.91 Å². The van der Waals surface area contributed by atoms with Crippen LogP contribution in [-0.4, -0.2) is 34.3 Å². The number of hydrogen-bond donors (Lipinski definition) is 2. The monoisotopic (exact) mass is 290 g/mol. The molecular weight excluding hydrogens is 264 g/mol. The van der Waals surface area contributed by atoms with Crippen molar-refractivity contribution in [3.05, 3.63) is 18.0 Å². The van der Waals surface area contributed by atoms with E-state index >= 15 is 0 Å². The molecule has 3 unspecified atom stereocenters. The summed E-state index contributed by atoms with van der Waals surface area (Å²) in [4.78, 5) is 12.2. The van der Waals surface area contributed by atoms with Crippen LogP contribution in [-0.2, 0) is 18.3 Å². The van der Waals surface area contributed by atoms with Gasteiger partial charge >= 0.3 is 0 Å². The second-order valence-electron chi connectivity index (χ2n) is 6.52. The molecule has 1 aliphatic heterocycles. The summed E-state index contributed by atoms with van der Waals surface area (Å²) in [5.74, 6) is 0.917. The zero-order valence-corrected chi connectivity index (χ0v) is 12.8. The summed E-state index contributed by atoms with van der Waals surface area (Å²) in [6, 6.07) is 0.626. The molecule has 116 valence electrons. The minimum Gasteiger partial charge on any atom is -0.355 e. The molecule has 0 aromatic carbocycles. The van der Waals surface area contributed by atoms with E-state index in [-0.39, 0.29) is 11.9 Å². The molecule has 5 heteroatoms. The molecule has 2 N–H and O–H groups in total. The first-order valence-electron chi connectivity index (χ1n) is 8.23. The number of aryl methyl sites for hydroxylation is 2. The molecule has 1 saturated heterocycles. The Balaban J connectivity index is 1.36. The topological polar surface area (TPSA) is 59.0 Å². The third kappa shape index (κ3) is 3.64. The summed E-state index contributed by atoms with van der Waals surface area (Å²) >= 11 is 0. The van der Waals surface area contributed by atoms with Gasteiger partial charge in [-0.05, 0) is 43.6 Å². The molecule has 1 aromatic rings. The lowest BCUT2D eigenvalue weighted by molar-refractivity contribution is -0.122. The Morgan fingerprint density at radius 3 is 3.10 bits per heavy atom. The summed E-state index contributed by atoms with van der Waals surface area (Å²) in [6.45, 7) is 0.751. The van der Waals surface area contributed by atoms with Crippen LogP contribution in [0.5, 0.6) is 0 Å². The van der Waals surface area contributed by atoms with Crippen LogP contribution in [0.25, 0.3) is 0 Å². The van der Waals surface area contributed by atoms with E-state index in [0.717, 1.165) is 31.7 Å². The Kier molecular flexibility index (Phi) is 4.58. The van der Waals surface area contributed by atoms with Crippen molar-refractivity contribution in [3.8, 4) is 0 Å².